The van der Waals surface area contributed by atoms with E-state index in [0.717, 1.165) is 13.0 Å². The monoisotopic (exact) mass is 219 g/mol. The van der Waals surface area contributed by atoms with Gasteiger partial charge in [0.05, 0.1) is 0 Å². The van der Waals surface area contributed by atoms with E-state index in [-0.39, 0.29) is 0 Å². The minimum Gasteiger partial charge on any atom is -0.250 e. The first kappa shape index (κ1) is 13.1. The van der Waals surface area contributed by atoms with E-state index in [9.17, 15) is 0 Å². The zero-order valence-electron chi connectivity index (χ0n) is 8.59. The standard InChI is InChI=1S/C10H18ClNS/c1-4-7-10(8-6-9-11)13-12(3)5-2/h6-8H,4-5,9H2,1-3H3/b8-6-,10-7+. The molecule has 0 unspecified atom stereocenters. The zero-order valence-corrected chi connectivity index (χ0v) is 10.2. The Kier molecular flexibility index (Phi) is 8.72. The molecule has 0 aromatic carbocycles. The van der Waals surface area contributed by atoms with Crippen molar-refractivity contribution >= 4 is 23.5 Å². The van der Waals surface area contributed by atoms with Gasteiger partial charge in [-0.3, -0.25) is 0 Å². The molecule has 0 atom stereocenters. The molecule has 0 amide bonds. The van der Waals surface area contributed by atoms with Gasteiger partial charge >= 0.3 is 0 Å². The summed E-state index contributed by atoms with van der Waals surface area (Å²) >= 11 is 7.34. The van der Waals surface area contributed by atoms with E-state index < -0.39 is 0 Å². The summed E-state index contributed by atoms with van der Waals surface area (Å²) < 4.78 is 2.19. The molecule has 13 heavy (non-hydrogen) atoms. The highest BCUT2D eigenvalue weighted by Crippen LogP contribution is 2.20. The molecule has 0 aromatic heterocycles. The highest BCUT2D eigenvalue weighted by molar-refractivity contribution is 8.01. The van der Waals surface area contributed by atoms with Crippen molar-refractivity contribution in [3.8, 4) is 0 Å². The van der Waals surface area contributed by atoms with Gasteiger partial charge in [-0.2, -0.15) is 0 Å². The molecule has 76 valence electrons. The lowest BCUT2D eigenvalue weighted by Crippen LogP contribution is -2.06. The first-order valence-corrected chi connectivity index (χ1v) is 5.87. The van der Waals surface area contributed by atoms with Gasteiger partial charge in [-0.05, 0) is 25.4 Å². The van der Waals surface area contributed by atoms with Crippen LogP contribution in [0.2, 0.25) is 0 Å². The largest absolute Gasteiger partial charge is 0.250 e. The summed E-state index contributed by atoms with van der Waals surface area (Å²) in [5.41, 5.74) is 0. The Hall–Kier alpha value is 0.0800. The first-order chi connectivity index (χ1) is 6.24. The van der Waals surface area contributed by atoms with Crippen LogP contribution in [-0.2, 0) is 0 Å². The summed E-state index contributed by atoms with van der Waals surface area (Å²) in [6.07, 6.45) is 7.32. The zero-order chi connectivity index (χ0) is 10.1. The summed E-state index contributed by atoms with van der Waals surface area (Å²) in [6, 6.07) is 0. The van der Waals surface area contributed by atoms with Crippen LogP contribution in [-0.4, -0.2) is 23.8 Å². The fourth-order valence-electron chi connectivity index (χ4n) is 0.742. The van der Waals surface area contributed by atoms with Crippen molar-refractivity contribution in [3.63, 3.8) is 0 Å². The molecule has 0 aromatic rings. The second-order valence-electron chi connectivity index (χ2n) is 2.61. The van der Waals surface area contributed by atoms with Gasteiger partial charge in [-0.15, -0.1) is 11.6 Å². The highest BCUT2D eigenvalue weighted by atomic mass is 35.5. The minimum atomic E-state index is 0.581. The van der Waals surface area contributed by atoms with E-state index in [4.69, 9.17) is 11.6 Å². The molecule has 0 aliphatic heterocycles. The maximum absolute atomic E-state index is 5.58. The average Bonchev–Trinajstić information content (AvgIpc) is 2.14. The van der Waals surface area contributed by atoms with Crippen molar-refractivity contribution in [1.29, 1.82) is 0 Å². The number of halogens is 1. The second-order valence-corrected chi connectivity index (χ2v) is 4.19. The fraction of sp³-hybridized carbons (Fsp3) is 0.600. The molecule has 0 spiro atoms. The molecule has 3 heteroatoms. The van der Waals surface area contributed by atoms with Crippen molar-refractivity contribution < 1.29 is 0 Å². The summed E-state index contributed by atoms with van der Waals surface area (Å²) in [6.45, 7) is 5.32. The van der Waals surface area contributed by atoms with Crippen molar-refractivity contribution in [2.45, 2.75) is 20.3 Å². The summed E-state index contributed by atoms with van der Waals surface area (Å²) in [5.74, 6) is 0.581. The summed E-state index contributed by atoms with van der Waals surface area (Å²) in [4.78, 5) is 1.27. The molecule has 0 aliphatic carbocycles. The van der Waals surface area contributed by atoms with Gasteiger partial charge in [-0.1, -0.05) is 32.1 Å². The molecule has 0 N–H and O–H groups in total. The van der Waals surface area contributed by atoms with Crippen LogP contribution in [0.5, 0.6) is 0 Å². The van der Waals surface area contributed by atoms with E-state index in [1.807, 2.05) is 6.08 Å². The van der Waals surface area contributed by atoms with Gasteiger partial charge in [0.15, 0.2) is 0 Å². The molecule has 0 fully saturated rings. The van der Waals surface area contributed by atoms with Gasteiger partial charge < -0.3 is 0 Å². The van der Waals surface area contributed by atoms with Crippen LogP contribution in [0.4, 0.5) is 0 Å². The van der Waals surface area contributed by atoms with Crippen molar-refractivity contribution in [1.82, 2.24) is 4.31 Å². The maximum atomic E-state index is 5.58. The molecule has 0 rings (SSSR count). The second kappa shape index (κ2) is 8.67. The molecule has 0 heterocycles. The van der Waals surface area contributed by atoms with Crippen LogP contribution in [0.1, 0.15) is 20.3 Å². The highest BCUT2D eigenvalue weighted by Gasteiger charge is 1.97. The van der Waals surface area contributed by atoms with E-state index in [1.165, 1.54) is 4.91 Å². The normalized spacial score (nSPS) is 13.2. The SMILES string of the molecule is CC/C=C(\C=C/CCl)SN(C)CC. The van der Waals surface area contributed by atoms with E-state index in [0.29, 0.717) is 5.88 Å². The molecule has 0 bridgehead atoms. The molecular weight excluding hydrogens is 202 g/mol. The predicted molar refractivity (Wildman–Crippen MR) is 64.1 cm³/mol. The van der Waals surface area contributed by atoms with Gasteiger partial charge in [0, 0.05) is 17.3 Å². The first-order valence-electron chi connectivity index (χ1n) is 4.56. The smallest absolute Gasteiger partial charge is 0.0407 e. The number of rotatable bonds is 6. The lowest BCUT2D eigenvalue weighted by molar-refractivity contribution is 0.605. The topological polar surface area (TPSA) is 3.24 Å². The van der Waals surface area contributed by atoms with Crippen LogP contribution in [0.25, 0.3) is 0 Å². The maximum Gasteiger partial charge on any atom is 0.0407 e. The Morgan fingerprint density at radius 2 is 2.15 bits per heavy atom. The number of nitrogens with zero attached hydrogens (tertiary/aromatic N) is 1. The van der Waals surface area contributed by atoms with Crippen LogP contribution in [0, 0.1) is 0 Å². The Labute approximate surface area is 91.0 Å². The molecule has 0 radical (unpaired) electrons. The Morgan fingerprint density at radius 1 is 1.46 bits per heavy atom. The van der Waals surface area contributed by atoms with Crippen LogP contribution in [0.15, 0.2) is 23.1 Å². The third-order valence-corrected chi connectivity index (χ3v) is 2.74. The average molecular weight is 220 g/mol. The summed E-state index contributed by atoms with van der Waals surface area (Å²) in [5, 5.41) is 0. The lowest BCUT2D eigenvalue weighted by atomic mass is 10.4. The minimum absolute atomic E-state index is 0.581. The van der Waals surface area contributed by atoms with Gasteiger partial charge in [0.2, 0.25) is 0 Å². The predicted octanol–water partition coefficient (Wildman–Crippen LogP) is 3.68. The lowest BCUT2D eigenvalue weighted by Gasteiger charge is -2.12. The third kappa shape index (κ3) is 7.17. The fourth-order valence-corrected chi connectivity index (χ4v) is 1.72. The molecule has 1 nitrogen and oxygen atoms in total. The third-order valence-electron chi connectivity index (χ3n) is 1.48. The molecular formula is C10H18ClNS. The van der Waals surface area contributed by atoms with Gasteiger partial charge in [-0.25, -0.2) is 4.31 Å². The molecule has 0 aliphatic rings. The van der Waals surface area contributed by atoms with Crippen LogP contribution in [0.3, 0.4) is 0 Å². The van der Waals surface area contributed by atoms with Crippen LogP contribution < -0.4 is 0 Å². The number of allylic oxidation sites excluding steroid dienone is 3. The molecule has 0 saturated heterocycles. The number of alkyl halides is 1. The van der Waals surface area contributed by atoms with Gasteiger partial charge in [0.25, 0.3) is 0 Å². The van der Waals surface area contributed by atoms with Crippen molar-refractivity contribution in [2.75, 3.05) is 19.5 Å². The Balaban J connectivity index is 4.10. The summed E-state index contributed by atoms with van der Waals surface area (Å²) in [7, 11) is 2.09. The van der Waals surface area contributed by atoms with E-state index in [1.54, 1.807) is 11.9 Å². The van der Waals surface area contributed by atoms with Crippen molar-refractivity contribution in [3.05, 3.63) is 23.1 Å². The Bertz CT molecular complexity index is 178. The Morgan fingerprint density at radius 3 is 2.62 bits per heavy atom. The van der Waals surface area contributed by atoms with Gasteiger partial charge in [0.1, 0.15) is 0 Å². The van der Waals surface area contributed by atoms with Crippen LogP contribution >= 0.6 is 23.5 Å². The molecule has 0 saturated carbocycles. The number of hydrogen-bond acceptors (Lipinski definition) is 2. The van der Waals surface area contributed by atoms with E-state index >= 15 is 0 Å². The number of hydrogen-bond donors (Lipinski definition) is 0. The quantitative estimate of drug-likeness (QED) is 0.381. The van der Waals surface area contributed by atoms with Crippen molar-refractivity contribution in [2.24, 2.45) is 0 Å². The van der Waals surface area contributed by atoms with E-state index in [2.05, 4.69) is 37.4 Å².